The number of esters is 4. The Labute approximate surface area is 626 Å². The van der Waals surface area contributed by atoms with E-state index < -0.39 is 23.9 Å². The molecule has 0 aromatic carbocycles. The molecule has 23 heteroatoms. The van der Waals surface area contributed by atoms with Gasteiger partial charge in [-0.2, -0.15) is 0 Å². The lowest BCUT2D eigenvalue weighted by Gasteiger charge is -2.27. The largest absolute Gasteiger partial charge is 0.465 e. The van der Waals surface area contributed by atoms with Crippen LogP contribution in [0.3, 0.4) is 0 Å². The van der Waals surface area contributed by atoms with Crippen molar-refractivity contribution in [3.8, 4) is 0 Å². The van der Waals surface area contributed by atoms with Crippen LogP contribution in [0, 0.1) is 23.7 Å². The summed E-state index contributed by atoms with van der Waals surface area (Å²) >= 11 is 4.50. The highest BCUT2D eigenvalue weighted by molar-refractivity contribution is 8.14. The van der Waals surface area contributed by atoms with Gasteiger partial charge in [0.2, 0.25) is 0 Å². The van der Waals surface area contributed by atoms with Crippen LogP contribution in [0.25, 0.3) is 0 Å². The van der Waals surface area contributed by atoms with Crippen LogP contribution in [0.5, 0.6) is 0 Å². The molecule has 0 bridgehead atoms. The lowest BCUT2D eigenvalue weighted by atomic mass is 9.95. The molecule has 0 fully saturated rings. The van der Waals surface area contributed by atoms with Crippen LogP contribution < -0.4 is 21.3 Å². The molecule has 4 atom stereocenters. The molecule has 19 nitrogen and oxygen atoms in total. The molecule has 4 N–H and O–H groups in total. The van der Waals surface area contributed by atoms with Crippen molar-refractivity contribution in [3.05, 3.63) is 0 Å². The number of nitrogens with zero attached hydrogens (tertiary/aromatic N) is 3. The first kappa shape index (κ1) is 97.0. The van der Waals surface area contributed by atoms with E-state index >= 15 is 0 Å². The van der Waals surface area contributed by atoms with Crippen molar-refractivity contribution in [2.75, 3.05) is 135 Å². The van der Waals surface area contributed by atoms with Gasteiger partial charge in [0.05, 0.1) is 25.7 Å². The van der Waals surface area contributed by atoms with Gasteiger partial charge < -0.3 is 54.9 Å². The molecule has 0 rings (SSSR count). The number of ether oxygens (including phenoxy) is 4. The maximum absolute atomic E-state index is 13.2. The summed E-state index contributed by atoms with van der Waals surface area (Å²) in [6.07, 6.45) is 37.5. The Balaban J connectivity index is 5.90. The number of unbranched alkanes of at least 4 members (excludes halogenated alkanes) is 16. The summed E-state index contributed by atoms with van der Waals surface area (Å²) < 4.78 is 22.4. The highest BCUT2D eigenvalue weighted by Crippen LogP contribution is 2.22. The highest BCUT2D eigenvalue weighted by Gasteiger charge is 2.20. The second kappa shape index (κ2) is 71.6. The summed E-state index contributed by atoms with van der Waals surface area (Å²) in [7, 11) is 1.97. The van der Waals surface area contributed by atoms with Crippen molar-refractivity contribution in [1.29, 1.82) is 0 Å². The SMILES string of the molecule is CCCCCCC(CCCC)CNC(=O)SCCOC(=O)CCN(CCC(=O)OCCSC(=O)NCC(CCCC)CCCCCC)CCN(C)CCN(CCC(=O)OCCSC(=O)NCC(CCCC)CCCCCC)CCC(=O)OCCSC(=O)NCC(CCCC)CCCCCC. The summed E-state index contributed by atoms with van der Waals surface area (Å²) in [4.78, 5) is 110. The van der Waals surface area contributed by atoms with Crippen LogP contribution in [0.4, 0.5) is 19.2 Å². The molecule has 4 amide bonds. The van der Waals surface area contributed by atoms with E-state index in [1.54, 1.807) is 0 Å². The molecule has 0 radical (unpaired) electrons. The number of hydrogen-bond donors (Lipinski definition) is 4. The Morgan fingerprint density at radius 1 is 0.280 bits per heavy atom. The van der Waals surface area contributed by atoms with Crippen LogP contribution in [-0.2, 0) is 38.1 Å². The molecule has 100 heavy (non-hydrogen) atoms. The standard InChI is InChI=1S/C77H147N7O12S4/c1-10-18-26-30-38-66(34-22-14-5)62-78-74(89)97-58-54-93-70(85)42-46-83(47-43-71(86)94-55-59-98-75(90)79-63-67(35-23-15-6)39-31-27-19-11-2)52-50-82(9)51-53-84(48-44-72(87)95-56-60-99-76(91)80-64-68(36-24-16-7)40-32-28-20-12-3)49-45-73(88)96-57-61-100-77(92)81-65-69(37-25-17-8)41-33-29-21-13-4/h66-69H,10-65H2,1-9H3,(H,78,89)(H,79,90)(H,80,91)(H,81,92). The van der Waals surface area contributed by atoms with Crippen molar-refractivity contribution >= 4 is 91.9 Å². The Kier molecular flexibility index (Phi) is 69.5. The van der Waals surface area contributed by atoms with Gasteiger partial charge in [-0.05, 0) is 82.1 Å². The maximum atomic E-state index is 13.2. The van der Waals surface area contributed by atoms with E-state index in [0.717, 1.165) is 150 Å². The molecule has 0 aliphatic heterocycles. The van der Waals surface area contributed by atoms with E-state index in [0.29, 0.717) is 125 Å². The van der Waals surface area contributed by atoms with E-state index in [1.165, 1.54) is 103 Å². The minimum atomic E-state index is -0.400. The minimum Gasteiger partial charge on any atom is -0.465 e. The molecule has 0 heterocycles. The zero-order valence-corrected chi connectivity index (χ0v) is 68.0. The van der Waals surface area contributed by atoms with Gasteiger partial charge in [0.1, 0.15) is 26.4 Å². The second-order valence-electron chi connectivity index (χ2n) is 27.4. The predicted octanol–water partition coefficient (Wildman–Crippen LogP) is 18.1. The Morgan fingerprint density at radius 3 is 0.700 bits per heavy atom. The van der Waals surface area contributed by atoms with Crippen LogP contribution in [-0.4, -0.2) is 195 Å². The van der Waals surface area contributed by atoms with E-state index in [-0.39, 0.29) is 73.1 Å². The number of carbonyl (C=O) groups excluding carboxylic acids is 8. The summed E-state index contributed by atoms with van der Waals surface area (Å²) in [5.41, 5.74) is 0. The van der Waals surface area contributed by atoms with Gasteiger partial charge in [0.15, 0.2) is 0 Å². The van der Waals surface area contributed by atoms with Gasteiger partial charge in [-0.1, -0.05) is 257 Å². The third kappa shape index (κ3) is 63.5. The Hall–Kier alpha value is -2.96. The number of rotatable bonds is 70. The van der Waals surface area contributed by atoms with Gasteiger partial charge in [0, 0.05) is 102 Å². The fourth-order valence-electron chi connectivity index (χ4n) is 11.8. The predicted molar refractivity (Wildman–Crippen MR) is 423 cm³/mol. The first-order valence-electron chi connectivity index (χ1n) is 39.9. The first-order chi connectivity index (χ1) is 48.5. The molecule has 0 saturated carbocycles. The number of thioether (sulfide) groups is 4. The topological polar surface area (TPSA) is 231 Å². The lowest BCUT2D eigenvalue weighted by molar-refractivity contribution is -0.145. The van der Waals surface area contributed by atoms with Crippen molar-refractivity contribution in [2.24, 2.45) is 23.7 Å². The molecule has 0 spiro atoms. The zero-order valence-electron chi connectivity index (χ0n) is 64.8. The van der Waals surface area contributed by atoms with Crippen LogP contribution in [0.1, 0.15) is 287 Å². The Morgan fingerprint density at radius 2 is 0.490 bits per heavy atom. The van der Waals surface area contributed by atoms with Gasteiger partial charge >= 0.3 is 23.9 Å². The fourth-order valence-corrected chi connectivity index (χ4v) is 13.9. The average Bonchev–Trinajstić information content (AvgIpc) is 1.34. The average molecular weight is 1490 g/mol. The van der Waals surface area contributed by atoms with Gasteiger partial charge in [-0.3, -0.25) is 38.4 Å². The van der Waals surface area contributed by atoms with E-state index in [2.05, 4.69) is 81.6 Å². The molecule has 0 saturated heterocycles. The monoisotopic (exact) mass is 1490 g/mol. The molecular weight excluding hydrogens is 1340 g/mol. The van der Waals surface area contributed by atoms with Gasteiger partial charge in [0.25, 0.3) is 21.0 Å². The van der Waals surface area contributed by atoms with Crippen LogP contribution in [0.15, 0.2) is 0 Å². The molecule has 0 aromatic heterocycles. The van der Waals surface area contributed by atoms with E-state index in [4.69, 9.17) is 18.9 Å². The van der Waals surface area contributed by atoms with Gasteiger partial charge in [-0.25, -0.2) is 0 Å². The van der Waals surface area contributed by atoms with Crippen molar-refractivity contribution < 1.29 is 57.3 Å². The zero-order chi connectivity index (χ0) is 73.7. The Bertz CT molecular complexity index is 1760. The van der Waals surface area contributed by atoms with Crippen LogP contribution >= 0.6 is 47.0 Å². The van der Waals surface area contributed by atoms with Crippen LogP contribution in [0.2, 0.25) is 0 Å². The lowest BCUT2D eigenvalue weighted by Crippen LogP contribution is -2.40. The first-order valence-corrected chi connectivity index (χ1v) is 43.9. The maximum Gasteiger partial charge on any atom is 0.307 e. The van der Waals surface area contributed by atoms with Crippen molar-refractivity contribution in [3.63, 3.8) is 0 Å². The third-order valence-corrected chi connectivity index (χ3v) is 21.4. The molecule has 0 aliphatic carbocycles. The normalized spacial score (nSPS) is 12.7. The number of hydrogen-bond acceptors (Lipinski definition) is 19. The smallest absolute Gasteiger partial charge is 0.307 e. The van der Waals surface area contributed by atoms with Crippen molar-refractivity contribution in [1.82, 2.24) is 36.0 Å². The number of likely N-dealkylation sites (N-methyl/N-ethyl adjacent to an activating group) is 1. The fraction of sp³-hybridized carbons (Fsp3) is 0.896. The number of carbonyl (C=O) groups is 8. The third-order valence-electron chi connectivity index (χ3n) is 18.3. The summed E-state index contributed by atoms with van der Waals surface area (Å²) in [6, 6.07) is 0. The number of nitrogens with one attached hydrogen (secondary N) is 4. The quantitative estimate of drug-likeness (QED) is 0.0252. The van der Waals surface area contributed by atoms with E-state index in [1.807, 2.05) is 16.8 Å². The van der Waals surface area contributed by atoms with Gasteiger partial charge in [-0.15, -0.1) is 0 Å². The molecular formula is C77H147N7O12S4. The highest BCUT2D eigenvalue weighted by atomic mass is 32.2. The molecule has 0 aromatic rings. The minimum absolute atomic E-state index is 0.0753. The second-order valence-corrected chi connectivity index (χ2v) is 31.6. The molecule has 4 unspecified atom stereocenters. The van der Waals surface area contributed by atoms with E-state index in [9.17, 15) is 38.4 Å². The summed E-state index contributed by atoms with van der Waals surface area (Å²) in [6.45, 7) is 24.0. The molecule has 586 valence electrons. The number of amides is 4. The molecule has 0 aliphatic rings. The summed E-state index contributed by atoms with van der Waals surface area (Å²) in [5, 5.41) is 11.9. The summed E-state index contributed by atoms with van der Waals surface area (Å²) in [5.74, 6) is 1.58. The van der Waals surface area contributed by atoms with Crippen molar-refractivity contribution in [2.45, 2.75) is 287 Å².